The van der Waals surface area contributed by atoms with E-state index in [1.54, 1.807) is 37.4 Å². The Kier molecular flexibility index (Phi) is 5.47. The van der Waals surface area contributed by atoms with E-state index in [0.29, 0.717) is 29.1 Å². The SMILES string of the molecule is COC1(C(=O)Nc2ccc(NC(=O)c3cccs3)cc2)CCNCC1. The lowest BCUT2D eigenvalue weighted by atomic mass is 9.91. The van der Waals surface area contributed by atoms with Crippen LogP contribution in [0.1, 0.15) is 22.5 Å². The predicted molar refractivity (Wildman–Crippen MR) is 99.2 cm³/mol. The van der Waals surface area contributed by atoms with Gasteiger partial charge in [0.05, 0.1) is 4.88 Å². The van der Waals surface area contributed by atoms with Gasteiger partial charge in [-0.2, -0.15) is 0 Å². The van der Waals surface area contributed by atoms with Crippen molar-refractivity contribution in [2.75, 3.05) is 30.8 Å². The topological polar surface area (TPSA) is 79.5 Å². The van der Waals surface area contributed by atoms with E-state index < -0.39 is 5.60 Å². The summed E-state index contributed by atoms with van der Waals surface area (Å²) < 4.78 is 5.52. The zero-order valence-corrected chi connectivity index (χ0v) is 14.8. The maximum absolute atomic E-state index is 12.6. The quantitative estimate of drug-likeness (QED) is 0.767. The van der Waals surface area contributed by atoms with Crippen LogP contribution in [0.25, 0.3) is 0 Å². The molecule has 1 aromatic carbocycles. The third-order valence-corrected chi connectivity index (χ3v) is 5.23. The molecular weight excluding hydrogens is 338 g/mol. The fraction of sp³-hybridized carbons (Fsp3) is 0.333. The number of hydrogen-bond donors (Lipinski definition) is 3. The summed E-state index contributed by atoms with van der Waals surface area (Å²) in [5.74, 6) is -0.272. The lowest BCUT2D eigenvalue weighted by Gasteiger charge is -2.34. The molecule has 3 rings (SSSR count). The minimum absolute atomic E-state index is 0.133. The molecule has 6 nitrogen and oxygen atoms in total. The van der Waals surface area contributed by atoms with Gasteiger partial charge in [-0.25, -0.2) is 0 Å². The largest absolute Gasteiger partial charge is 0.368 e. The first-order valence-corrected chi connectivity index (χ1v) is 9.03. The number of anilines is 2. The molecule has 0 saturated carbocycles. The highest BCUT2D eigenvalue weighted by molar-refractivity contribution is 7.12. The Hall–Kier alpha value is -2.22. The lowest BCUT2D eigenvalue weighted by molar-refractivity contribution is -0.140. The minimum atomic E-state index is -0.780. The fourth-order valence-corrected chi connectivity index (χ4v) is 3.46. The van der Waals surface area contributed by atoms with E-state index in [9.17, 15) is 9.59 Å². The minimum Gasteiger partial charge on any atom is -0.368 e. The second kappa shape index (κ2) is 7.77. The molecule has 0 unspecified atom stereocenters. The van der Waals surface area contributed by atoms with Gasteiger partial charge in [0.2, 0.25) is 0 Å². The Morgan fingerprint density at radius 1 is 1.08 bits per heavy atom. The maximum atomic E-state index is 12.6. The van der Waals surface area contributed by atoms with Crippen molar-refractivity contribution in [3.63, 3.8) is 0 Å². The van der Waals surface area contributed by atoms with Gasteiger partial charge in [0.1, 0.15) is 5.60 Å². The number of hydrogen-bond acceptors (Lipinski definition) is 5. The number of nitrogens with one attached hydrogen (secondary N) is 3. The van der Waals surface area contributed by atoms with Crippen LogP contribution in [0.2, 0.25) is 0 Å². The van der Waals surface area contributed by atoms with Crippen molar-refractivity contribution in [2.24, 2.45) is 0 Å². The maximum Gasteiger partial charge on any atom is 0.265 e. The molecule has 2 amide bonds. The third kappa shape index (κ3) is 4.07. The van der Waals surface area contributed by atoms with Crippen LogP contribution in [0.3, 0.4) is 0 Å². The van der Waals surface area contributed by atoms with Crippen LogP contribution in [-0.4, -0.2) is 37.6 Å². The molecule has 1 aliphatic heterocycles. The van der Waals surface area contributed by atoms with E-state index in [-0.39, 0.29) is 11.8 Å². The van der Waals surface area contributed by atoms with Gasteiger partial charge in [0, 0.05) is 18.5 Å². The van der Waals surface area contributed by atoms with E-state index in [2.05, 4.69) is 16.0 Å². The van der Waals surface area contributed by atoms with E-state index >= 15 is 0 Å². The molecule has 132 valence electrons. The van der Waals surface area contributed by atoms with E-state index in [1.165, 1.54) is 11.3 Å². The molecule has 0 spiro atoms. The van der Waals surface area contributed by atoms with E-state index in [4.69, 9.17) is 4.74 Å². The summed E-state index contributed by atoms with van der Waals surface area (Å²) in [7, 11) is 1.58. The van der Waals surface area contributed by atoms with Crippen LogP contribution in [-0.2, 0) is 9.53 Å². The van der Waals surface area contributed by atoms with Crippen molar-refractivity contribution >= 4 is 34.5 Å². The van der Waals surface area contributed by atoms with Gasteiger partial charge in [-0.05, 0) is 61.6 Å². The Morgan fingerprint density at radius 2 is 1.72 bits per heavy atom. The van der Waals surface area contributed by atoms with Crippen molar-refractivity contribution in [3.05, 3.63) is 46.7 Å². The van der Waals surface area contributed by atoms with Crippen molar-refractivity contribution in [2.45, 2.75) is 18.4 Å². The monoisotopic (exact) mass is 359 g/mol. The summed E-state index contributed by atoms with van der Waals surface area (Å²) in [6.07, 6.45) is 1.29. The first-order chi connectivity index (χ1) is 12.1. The molecule has 3 N–H and O–H groups in total. The third-order valence-electron chi connectivity index (χ3n) is 4.36. The van der Waals surface area contributed by atoms with Crippen molar-refractivity contribution < 1.29 is 14.3 Å². The molecule has 1 aromatic heterocycles. The molecule has 2 aromatic rings. The zero-order chi connectivity index (χ0) is 17.7. The van der Waals surface area contributed by atoms with Crippen LogP contribution in [0.5, 0.6) is 0 Å². The van der Waals surface area contributed by atoms with Gasteiger partial charge < -0.3 is 20.7 Å². The number of piperidine rings is 1. The molecule has 1 saturated heterocycles. The Balaban J connectivity index is 1.62. The molecule has 1 aliphatic rings. The molecule has 0 aliphatic carbocycles. The summed E-state index contributed by atoms with van der Waals surface area (Å²) in [5, 5.41) is 10.8. The summed E-state index contributed by atoms with van der Waals surface area (Å²) in [6.45, 7) is 1.52. The Bertz CT molecular complexity index is 723. The highest BCUT2D eigenvalue weighted by Gasteiger charge is 2.39. The van der Waals surface area contributed by atoms with E-state index in [1.807, 2.05) is 11.4 Å². The lowest BCUT2D eigenvalue weighted by Crippen LogP contribution is -2.51. The molecule has 2 heterocycles. The summed E-state index contributed by atoms with van der Waals surface area (Å²) >= 11 is 1.39. The Morgan fingerprint density at radius 3 is 2.28 bits per heavy atom. The molecule has 0 radical (unpaired) electrons. The molecule has 1 fully saturated rings. The highest BCUT2D eigenvalue weighted by atomic mass is 32.1. The second-order valence-electron chi connectivity index (χ2n) is 5.91. The van der Waals surface area contributed by atoms with Crippen molar-refractivity contribution in [1.82, 2.24) is 5.32 Å². The second-order valence-corrected chi connectivity index (χ2v) is 6.86. The van der Waals surface area contributed by atoms with Crippen LogP contribution in [0, 0.1) is 0 Å². The summed E-state index contributed by atoms with van der Waals surface area (Å²) in [6, 6.07) is 10.7. The number of rotatable bonds is 5. The van der Waals surface area contributed by atoms with Gasteiger partial charge in [0.25, 0.3) is 11.8 Å². The summed E-state index contributed by atoms with van der Waals surface area (Å²) in [4.78, 5) is 25.3. The zero-order valence-electron chi connectivity index (χ0n) is 14.0. The van der Waals surface area contributed by atoms with Crippen molar-refractivity contribution in [3.8, 4) is 0 Å². The Labute approximate surface area is 150 Å². The van der Waals surface area contributed by atoms with Crippen LogP contribution in [0.4, 0.5) is 11.4 Å². The van der Waals surface area contributed by atoms with Crippen molar-refractivity contribution in [1.29, 1.82) is 0 Å². The van der Waals surface area contributed by atoms with Gasteiger partial charge in [-0.1, -0.05) is 6.07 Å². The predicted octanol–water partition coefficient (Wildman–Crippen LogP) is 2.71. The van der Waals surface area contributed by atoms with Crippen LogP contribution in [0.15, 0.2) is 41.8 Å². The first-order valence-electron chi connectivity index (χ1n) is 8.15. The number of methoxy groups -OCH3 is 1. The van der Waals surface area contributed by atoms with E-state index in [0.717, 1.165) is 13.1 Å². The first kappa shape index (κ1) is 17.6. The van der Waals surface area contributed by atoms with Gasteiger partial charge in [0.15, 0.2) is 0 Å². The molecule has 7 heteroatoms. The average Bonchev–Trinajstić information content (AvgIpc) is 3.19. The van der Waals surface area contributed by atoms with Gasteiger partial charge in [-0.3, -0.25) is 9.59 Å². The van der Waals surface area contributed by atoms with Gasteiger partial charge >= 0.3 is 0 Å². The molecule has 0 bridgehead atoms. The summed E-state index contributed by atoms with van der Waals surface area (Å²) in [5.41, 5.74) is 0.575. The van der Waals surface area contributed by atoms with Gasteiger partial charge in [-0.15, -0.1) is 11.3 Å². The average molecular weight is 359 g/mol. The number of thiophene rings is 1. The number of ether oxygens (including phenoxy) is 1. The smallest absolute Gasteiger partial charge is 0.265 e. The van der Waals surface area contributed by atoms with Crippen LogP contribution >= 0.6 is 11.3 Å². The standard InChI is InChI=1S/C18H21N3O3S/c1-24-18(8-10-19-11-9-18)17(23)21-14-6-4-13(5-7-14)20-16(22)15-3-2-12-25-15/h2-7,12,19H,8-11H2,1H3,(H,20,22)(H,21,23). The molecule has 25 heavy (non-hydrogen) atoms. The molecule has 0 atom stereocenters. The number of carbonyl (C=O) groups excluding carboxylic acids is 2. The number of amides is 2. The number of carbonyl (C=O) groups is 2. The highest BCUT2D eigenvalue weighted by Crippen LogP contribution is 2.25. The van der Waals surface area contributed by atoms with Crippen LogP contribution < -0.4 is 16.0 Å². The molecular formula is C18H21N3O3S. The fourth-order valence-electron chi connectivity index (χ4n) is 2.84. The number of benzene rings is 1. The normalized spacial score (nSPS) is 16.2.